The van der Waals surface area contributed by atoms with Gasteiger partial charge in [0, 0.05) is 31.4 Å². The maximum absolute atomic E-state index is 10.9. The van der Waals surface area contributed by atoms with Crippen molar-refractivity contribution in [3.8, 4) is 0 Å². The monoisotopic (exact) mass is 206 g/mol. The van der Waals surface area contributed by atoms with Crippen molar-refractivity contribution < 1.29 is 4.79 Å². The predicted octanol–water partition coefficient (Wildman–Crippen LogP) is 2.49. The fraction of sp³-hybridized carbons (Fsp3) is 0.417. The second kappa shape index (κ2) is 4.82. The molecule has 0 saturated heterocycles. The van der Waals surface area contributed by atoms with E-state index in [0.717, 1.165) is 11.4 Å². The number of rotatable bonds is 3. The van der Waals surface area contributed by atoms with E-state index < -0.39 is 0 Å². The largest absolute Gasteiger partial charge is 0.372 e. The third-order valence-electron chi connectivity index (χ3n) is 2.35. The topological polar surface area (TPSA) is 32.3 Å². The second-order valence-electron chi connectivity index (χ2n) is 3.94. The maximum Gasteiger partial charge on any atom is 0.221 e. The van der Waals surface area contributed by atoms with Gasteiger partial charge in [0.25, 0.3) is 0 Å². The molecular formula is C12H18N2O. The van der Waals surface area contributed by atoms with Gasteiger partial charge in [-0.2, -0.15) is 0 Å². The van der Waals surface area contributed by atoms with Crippen LogP contribution < -0.4 is 10.2 Å². The van der Waals surface area contributed by atoms with Gasteiger partial charge in [-0.25, -0.2) is 0 Å². The summed E-state index contributed by atoms with van der Waals surface area (Å²) < 4.78 is 0. The molecule has 1 rings (SSSR count). The van der Waals surface area contributed by atoms with Gasteiger partial charge in [0.15, 0.2) is 0 Å². The average molecular weight is 206 g/mol. The Kier molecular flexibility index (Phi) is 3.72. The van der Waals surface area contributed by atoms with Crippen LogP contribution in [0.4, 0.5) is 11.4 Å². The Morgan fingerprint density at radius 1 is 1.40 bits per heavy atom. The highest BCUT2D eigenvalue weighted by molar-refractivity contribution is 5.89. The fourth-order valence-electron chi connectivity index (χ4n) is 1.30. The van der Waals surface area contributed by atoms with Crippen LogP contribution in [0.5, 0.6) is 0 Å². The fourth-order valence-corrected chi connectivity index (χ4v) is 1.30. The third kappa shape index (κ3) is 3.27. The molecule has 3 nitrogen and oxygen atoms in total. The van der Waals surface area contributed by atoms with Crippen molar-refractivity contribution in [2.75, 3.05) is 17.3 Å². The Morgan fingerprint density at radius 3 is 2.60 bits per heavy atom. The Morgan fingerprint density at radius 2 is 2.07 bits per heavy atom. The Balaban J connectivity index is 2.87. The number of amides is 1. The molecule has 3 heteroatoms. The van der Waals surface area contributed by atoms with Gasteiger partial charge in [-0.3, -0.25) is 4.79 Å². The molecule has 0 spiro atoms. The molecule has 1 N–H and O–H groups in total. The standard InChI is InChI=1S/C12H18N2O/c1-9(2)14(4)12-7-5-6-11(8-12)13-10(3)15/h5-9H,1-4H3,(H,13,15). The van der Waals surface area contributed by atoms with Gasteiger partial charge >= 0.3 is 0 Å². The molecule has 0 aromatic heterocycles. The summed E-state index contributed by atoms with van der Waals surface area (Å²) in [5, 5.41) is 2.77. The molecule has 1 aromatic rings. The summed E-state index contributed by atoms with van der Waals surface area (Å²) in [6.07, 6.45) is 0. The first-order valence-electron chi connectivity index (χ1n) is 5.11. The first-order chi connectivity index (χ1) is 7.00. The maximum atomic E-state index is 10.9. The van der Waals surface area contributed by atoms with Crippen molar-refractivity contribution in [1.82, 2.24) is 0 Å². The molecule has 15 heavy (non-hydrogen) atoms. The van der Waals surface area contributed by atoms with Crippen LogP contribution in [0.15, 0.2) is 24.3 Å². The first-order valence-corrected chi connectivity index (χ1v) is 5.11. The molecule has 0 aliphatic rings. The molecule has 0 aliphatic carbocycles. The molecule has 0 unspecified atom stereocenters. The zero-order valence-electron chi connectivity index (χ0n) is 9.74. The summed E-state index contributed by atoms with van der Waals surface area (Å²) in [5.74, 6) is -0.0423. The summed E-state index contributed by atoms with van der Waals surface area (Å²) in [7, 11) is 2.04. The van der Waals surface area contributed by atoms with Crippen LogP contribution in [0.2, 0.25) is 0 Å². The molecule has 0 bridgehead atoms. The number of anilines is 2. The van der Waals surface area contributed by atoms with E-state index in [1.165, 1.54) is 6.92 Å². The molecule has 1 aromatic carbocycles. The lowest BCUT2D eigenvalue weighted by molar-refractivity contribution is -0.114. The summed E-state index contributed by atoms with van der Waals surface area (Å²) in [5.41, 5.74) is 1.95. The molecule has 0 aliphatic heterocycles. The smallest absolute Gasteiger partial charge is 0.221 e. The molecule has 0 heterocycles. The lowest BCUT2D eigenvalue weighted by Gasteiger charge is -2.24. The second-order valence-corrected chi connectivity index (χ2v) is 3.94. The van der Waals surface area contributed by atoms with Gasteiger partial charge in [0.1, 0.15) is 0 Å². The highest BCUT2D eigenvalue weighted by atomic mass is 16.1. The van der Waals surface area contributed by atoms with Crippen molar-refractivity contribution in [2.45, 2.75) is 26.8 Å². The number of nitrogens with zero attached hydrogens (tertiary/aromatic N) is 1. The van der Waals surface area contributed by atoms with Crippen LogP contribution in [0, 0.1) is 0 Å². The van der Waals surface area contributed by atoms with Crippen molar-refractivity contribution in [3.05, 3.63) is 24.3 Å². The van der Waals surface area contributed by atoms with Gasteiger partial charge in [-0.15, -0.1) is 0 Å². The summed E-state index contributed by atoms with van der Waals surface area (Å²) >= 11 is 0. The summed E-state index contributed by atoms with van der Waals surface area (Å²) in [4.78, 5) is 13.1. The van der Waals surface area contributed by atoms with E-state index in [1.54, 1.807) is 0 Å². The Hall–Kier alpha value is -1.51. The van der Waals surface area contributed by atoms with Gasteiger partial charge in [0.2, 0.25) is 5.91 Å². The lowest BCUT2D eigenvalue weighted by atomic mass is 10.2. The zero-order chi connectivity index (χ0) is 11.4. The van der Waals surface area contributed by atoms with Crippen LogP contribution in [0.3, 0.4) is 0 Å². The van der Waals surface area contributed by atoms with E-state index >= 15 is 0 Å². The van der Waals surface area contributed by atoms with Gasteiger partial charge in [0.05, 0.1) is 0 Å². The van der Waals surface area contributed by atoms with E-state index in [9.17, 15) is 4.79 Å². The van der Waals surface area contributed by atoms with Crippen molar-refractivity contribution in [3.63, 3.8) is 0 Å². The summed E-state index contributed by atoms with van der Waals surface area (Å²) in [6.45, 7) is 5.77. The normalized spacial score (nSPS) is 10.2. The van der Waals surface area contributed by atoms with E-state index in [-0.39, 0.29) is 5.91 Å². The number of carbonyl (C=O) groups excluding carboxylic acids is 1. The molecule has 0 saturated carbocycles. The van der Waals surface area contributed by atoms with Gasteiger partial charge in [-0.1, -0.05) is 6.07 Å². The van der Waals surface area contributed by atoms with Crippen LogP contribution in [-0.2, 0) is 4.79 Å². The first kappa shape index (κ1) is 11.6. The molecule has 0 radical (unpaired) electrons. The van der Waals surface area contributed by atoms with Crippen molar-refractivity contribution >= 4 is 17.3 Å². The number of hydrogen-bond acceptors (Lipinski definition) is 2. The quantitative estimate of drug-likeness (QED) is 0.824. The van der Waals surface area contributed by atoms with E-state index in [2.05, 4.69) is 24.1 Å². The van der Waals surface area contributed by atoms with Gasteiger partial charge < -0.3 is 10.2 Å². The van der Waals surface area contributed by atoms with Crippen LogP contribution in [-0.4, -0.2) is 19.0 Å². The number of nitrogens with one attached hydrogen (secondary N) is 1. The molecule has 82 valence electrons. The summed E-state index contributed by atoms with van der Waals surface area (Å²) in [6, 6.07) is 8.28. The highest BCUT2D eigenvalue weighted by Gasteiger charge is 2.05. The Bertz CT molecular complexity index is 347. The average Bonchev–Trinajstić information content (AvgIpc) is 2.16. The molecule has 0 atom stereocenters. The minimum atomic E-state index is -0.0423. The number of hydrogen-bond donors (Lipinski definition) is 1. The minimum absolute atomic E-state index is 0.0423. The van der Waals surface area contributed by atoms with Crippen LogP contribution in [0.1, 0.15) is 20.8 Å². The zero-order valence-corrected chi connectivity index (χ0v) is 9.74. The van der Waals surface area contributed by atoms with Crippen LogP contribution in [0.25, 0.3) is 0 Å². The molecule has 0 fully saturated rings. The third-order valence-corrected chi connectivity index (χ3v) is 2.35. The highest BCUT2D eigenvalue weighted by Crippen LogP contribution is 2.19. The number of carbonyl (C=O) groups is 1. The van der Waals surface area contributed by atoms with E-state index in [0.29, 0.717) is 6.04 Å². The van der Waals surface area contributed by atoms with E-state index in [4.69, 9.17) is 0 Å². The molecule has 1 amide bonds. The minimum Gasteiger partial charge on any atom is -0.372 e. The Labute approximate surface area is 91.1 Å². The van der Waals surface area contributed by atoms with E-state index in [1.807, 2.05) is 31.3 Å². The lowest BCUT2D eigenvalue weighted by Crippen LogP contribution is -2.25. The predicted molar refractivity (Wildman–Crippen MR) is 64.3 cm³/mol. The van der Waals surface area contributed by atoms with Crippen molar-refractivity contribution in [1.29, 1.82) is 0 Å². The van der Waals surface area contributed by atoms with Gasteiger partial charge in [-0.05, 0) is 32.0 Å². The van der Waals surface area contributed by atoms with Crippen LogP contribution >= 0.6 is 0 Å². The SMILES string of the molecule is CC(=O)Nc1cccc(N(C)C(C)C)c1. The number of benzene rings is 1. The molecular weight excluding hydrogens is 188 g/mol. The van der Waals surface area contributed by atoms with Crippen molar-refractivity contribution in [2.24, 2.45) is 0 Å².